The number of nitrogens with zero attached hydrogens (tertiary/aromatic N) is 2. The van der Waals surface area contributed by atoms with Crippen LogP contribution < -0.4 is 4.74 Å². The minimum Gasteiger partial charge on any atom is -0.497 e. The van der Waals surface area contributed by atoms with Crippen molar-refractivity contribution in [2.75, 3.05) is 13.7 Å². The van der Waals surface area contributed by atoms with Gasteiger partial charge in [-0.3, -0.25) is 4.79 Å². The number of aliphatic hydroxyl groups is 1. The summed E-state index contributed by atoms with van der Waals surface area (Å²) in [5, 5.41) is 11.2. The van der Waals surface area contributed by atoms with E-state index in [0.717, 1.165) is 67.9 Å². The molecule has 1 aromatic heterocycles. The molecular formula is C44H65N3O3. The van der Waals surface area contributed by atoms with Crippen molar-refractivity contribution in [1.82, 2.24) is 14.9 Å². The molecule has 1 aliphatic heterocycles. The second-order valence-corrected chi connectivity index (χ2v) is 19.7. The van der Waals surface area contributed by atoms with Crippen molar-refractivity contribution in [2.24, 2.45) is 62.6 Å². The summed E-state index contributed by atoms with van der Waals surface area (Å²) in [6.07, 6.45) is 15.4. The molecule has 2 N–H and O–H groups in total. The zero-order valence-corrected chi connectivity index (χ0v) is 32.4. The van der Waals surface area contributed by atoms with Gasteiger partial charge in [0.05, 0.1) is 36.6 Å². The Morgan fingerprint density at radius 1 is 0.900 bits per heavy atom. The van der Waals surface area contributed by atoms with E-state index in [4.69, 9.17) is 9.72 Å². The van der Waals surface area contributed by atoms with Crippen LogP contribution in [0, 0.1) is 62.6 Å². The number of rotatable bonds is 5. The summed E-state index contributed by atoms with van der Waals surface area (Å²) in [6, 6.07) is 8.14. The number of hydrogen-bond donors (Lipinski definition) is 2. The quantitative estimate of drug-likeness (QED) is 0.329. The molecule has 1 amide bonds. The highest BCUT2D eigenvalue weighted by molar-refractivity contribution is 5.84. The zero-order valence-electron chi connectivity index (χ0n) is 32.4. The van der Waals surface area contributed by atoms with Gasteiger partial charge in [0.25, 0.3) is 0 Å². The van der Waals surface area contributed by atoms with Gasteiger partial charge in [-0.05, 0) is 164 Å². The van der Waals surface area contributed by atoms with E-state index < -0.39 is 0 Å². The van der Waals surface area contributed by atoms with Crippen LogP contribution in [0.5, 0.6) is 5.75 Å². The normalized spacial score (nSPS) is 43.6. The van der Waals surface area contributed by atoms with Crippen molar-refractivity contribution >= 4 is 5.91 Å². The van der Waals surface area contributed by atoms with Crippen molar-refractivity contribution in [3.63, 3.8) is 0 Å². The van der Waals surface area contributed by atoms with Crippen LogP contribution in [-0.4, -0.2) is 45.6 Å². The number of carbonyl (C=O) groups excluding carboxylic acids is 1. The molecule has 1 saturated heterocycles. The van der Waals surface area contributed by atoms with Crippen molar-refractivity contribution in [3.05, 3.63) is 36.3 Å². The van der Waals surface area contributed by atoms with Gasteiger partial charge in [-0.25, -0.2) is 4.98 Å². The fraction of sp³-hybridized carbons (Fsp3) is 0.773. The fourth-order valence-corrected chi connectivity index (χ4v) is 14.8. The third kappa shape index (κ3) is 4.67. The smallest absolute Gasteiger partial charge is 0.229 e. The number of fused-ring (bicyclic) bond motifs is 7. The second kappa shape index (κ2) is 11.8. The summed E-state index contributed by atoms with van der Waals surface area (Å²) in [7, 11) is 1.69. The molecule has 2 heterocycles. The lowest BCUT2D eigenvalue weighted by Crippen LogP contribution is -2.67. The summed E-state index contributed by atoms with van der Waals surface area (Å²) in [4.78, 5) is 26.3. The largest absolute Gasteiger partial charge is 0.497 e. The van der Waals surface area contributed by atoms with E-state index in [0.29, 0.717) is 41.4 Å². The fourth-order valence-electron chi connectivity index (χ4n) is 14.8. The number of aromatic nitrogens is 2. The molecule has 6 nitrogen and oxygen atoms in total. The van der Waals surface area contributed by atoms with E-state index >= 15 is 4.79 Å². The highest BCUT2D eigenvalue weighted by atomic mass is 16.5. The molecule has 5 saturated carbocycles. The maximum Gasteiger partial charge on any atom is 0.229 e. The molecule has 0 spiro atoms. The van der Waals surface area contributed by atoms with E-state index in [9.17, 15) is 5.11 Å². The monoisotopic (exact) mass is 684 g/mol. The topological polar surface area (TPSA) is 78.4 Å². The van der Waals surface area contributed by atoms with Crippen LogP contribution in [0.2, 0.25) is 0 Å². The van der Waals surface area contributed by atoms with Crippen LogP contribution in [0.4, 0.5) is 0 Å². The third-order valence-electron chi connectivity index (χ3n) is 17.6. The highest BCUT2D eigenvalue weighted by Crippen LogP contribution is 2.77. The molecule has 11 unspecified atom stereocenters. The Balaban J connectivity index is 1.10. The van der Waals surface area contributed by atoms with Crippen molar-refractivity contribution in [1.29, 1.82) is 0 Å². The third-order valence-corrected chi connectivity index (χ3v) is 17.6. The average Bonchev–Trinajstić information content (AvgIpc) is 3.86. The number of H-pyrrole nitrogens is 1. The molecular weight excluding hydrogens is 619 g/mol. The molecule has 274 valence electrons. The number of imidazole rings is 1. The maximum atomic E-state index is 15.4. The summed E-state index contributed by atoms with van der Waals surface area (Å²) in [5.74, 6) is 5.72. The SMILES string of the molecule is COc1ccc(-c2cnc(C3CCCN3C(=O)C34CCC(C(C)C)C3C3CCC5C6(C)CCC(O)C(C)(C)C6CCC5(C)C3(C)CC4)[nH]2)cc1. The molecule has 2 aromatic rings. The molecule has 6 aliphatic rings. The molecule has 50 heavy (non-hydrogen) atoms. The van der Waals surface area contributed by atoms with Crippen LogP contribution in [0.15, 0.2) is 30.5 Å². The number of benzene rings is 1. The molecule has 0 bridgehead atoms. The van der Waals surface area contributed by atoms with Gasteiger partial charge in [0, 0.05) is 6.54 Å². The first-order valence-corrected chi connectivity index (χ1v) is 20.4. The second-order valence-electron chi connectivity index (χ2n) is 19.7. The lowest BCUT2D eigenvalue weighted by molar-refractivity contribution is -0.249. The van der Waals surface area contributed by atoms with Crippen molar-refractivity contribution < 1.29 is 14.6 Å². The predicted octanol–water partition coefficient (Wildman–Crippen LogP) is 9.85. The number of nitrogens with one attached hydrogen (secondary N) is 1. The first-order chi connectivity index (χ1) is 23.7. The first kappa shape index (κ1) is 34.7. The Hall–Kier alpha value is -2.34. The number of carbonyl (C=O) groups is 1. The zero-order chi connectivity index (χ0) is 35.4. The number of methoxy groups -OCH3 is 1. The summed E-state index contributed by atoms with van der Waals surface area (Å²) < 4.78 is 5.37. The van der Waals surface area contributed by atoms with E-state index in [1.807, 2.05) is 18.3 Å². The molecule has 6 heteroatoms. The molecule has 11 atom stereocenters. The maximum absolute atomic E-state index is 15.4. The van der Waals surface area contributed by atoms with E-state index in [2.05, 4.69) is 70.5 Å². The minimum absolute atomic E-state index is 0.0180. The van der Waals surface area contributed by atoms with Crippen LogP contribution in [0.3, 0.4) is 0 Å². The molecule has 6 fully saturated rings. The molecule has 1 aromatic carbocycles. The van der Waals surface area contributed by atoms with Gasteiger partial charge in [-0.2, -0.15) is 0 Å². The molecule has 5 aliphatic carbocycles. The van der Waals surface area contributed by atoms with E-state index in [1.165, 1.54) is 38.5 Å². The lowest BCUT2D eigenvalue weighted by Gasteiger charge is -2.73. The number of aromatic amines is 1. The van der Waals surface area contributed by atoms with Gasteiger partial charge in [0.2, 0.25) is 5.91 Å². The molecule has 8 rings (SSSR count). The molecule has 0 radical (unpaired) electrons. The Morgan fingerprint density at radius 2 is 1.66 bits per heavy atom. The van der Waals surface area contributed by atoms with Crippen LogP contribution in [-0.2, 0) is 4.79 Å². The van der Waals surface area contributed by atoms with Crippen molar-refractivity contribution in [3.8, 4) is 17.0 Å². The van der Waals surface area contributed by atoms with Gasteiger partial charge >= 0.3 is 0 Å². The van der Waals surface area contributed by atoms with Crippen LogP contribution in [0.25, 0.3) is 11.3 Å². The lowest BCUT2D eigenvalue weighted by atomic mass is 9.32. The van der Waals surface area contributed by atoms with Gasteiger partial charge < -0.3 is 19.7 Å². The predicted molar refractivity (Wildman–Crippen MR) is 199 cm³/mol. The van der Waals surface area contributed by atoms with Crippen LogP contribution >= 0.6 is 0 Å². The van der Waals surface area contributed by atoms with Gasteiger partial charge in [-0.15, -0.1) is 0 Å². The van der Waals surface area contributed by atoms with Gasteiger partial charge in [0.1, 0.15) is 11.6 Å². The number of aliphatic hydroxyl groups excluding tert-OH is 1. The summed E-state index contributed by atoms with van der Waals surface area (Å²) >= 11 is 0. The highest BCUT2D eigenvalue weighted by Gasteiger charge is 2.72. The number of amides is 1. The van der Waals surface area contributed by atoms with E-state index in [-0.39, 0.29) is 39.2 Å². The number of likely N-dealkylation sites (tertiary alicyclic amines) is 1. The Kier molecular flexibility index (Phi) is 8.22. The van der Waals surface area contributed by atoms with Gasteiger partial charge in [0.15, 0.2) is 0 Å². The number of ether oxygens (including phenoxy) is 1. The van der Waals surface area contributed by atoms with Crippen LogP contribution in [0.1, 0.15) is 137 Å². The minimum atomic E-state index is -0.256. The first-order valence-electron chi connectivity index (χ1n) is 20.4. The van der Waals surface area contributed by atoms with Crippen molar-refractivity contribution in [2.45, 2.75) is 138 Å². The standard InChI is InChI=1S/C44H65N3O3/c1-27(2)30-17-22-44(39(49)47-25-9-10-33(47)38-45-26-32(46-38)28-11-13-29(50-8)14-12-28)24-23-42(6)31(37(30)44)15-16-35-41(5)20-19-36(48)40(3,4)34(41)18-21-43(35,42)7/h11-14,26-27,30-31,33-37,48H,9-10,15-25H2,1-8H3,(H,45,46). The average molecular weight is 684 g/mol. The Morgan fingerprint density at radius 3 is 2.38 bits per heavy atom. The van der Waals surface area contributed by atoms with Gasteiger partial charge in [-0.1, -0.05) is 48.5 Å². The summed E-state index contributed by atoms with van der Waals surface area (Å²) in [5.41, 5.74) is 2.57. The number of hydrogen-bond acceptors (Lipinski definition) is 4. The Labute approximate surface area is 301 Å². The van der Waals surface area contributed by atoms with E-state index in [1.54, 1.807) is 7.11 Å². The Bertz CT molecular complexity index is 1600. The summed E-state index contributed by atoms with van der Waals surface area (Å²) in [6.45, 7) is 18.5.